The topological polar surface area (TPSA) is 49.6 Å². The van der Waals surface area contributed by atoms with E-state index < -0.39 is 0 Å². The number of anilines is 1. The molecule has 2 N–H and O–H groups in total. The van der Waals surface area contributed by atoms with E-state index in [1.54, 1.807) is 0 Å². The van der Waals surface area contributed by atoms with Gasteiger partial charge in [0, 0.05) is 23.6 Å². The molecule has 1 aromatic carbocycles. The number of amides is 1. The zero-order chi connectivity index (χ0) is 13.3. The standard InChI is InChI=1S/C13H18BrN3O/c1-9-8-16(2)12(7-15)13(18)17(9)11-6-4-3-5-10(11)14/h3-6,9,12H,7-8,15H2,1-2H3. The fraction of sp³-hybridized carbons (Fsp3) is 0.462. The molecule has 5 heteroatoms. The Morgan fingerprint density at radius 3 is 2.72 bits per heavy atom. The van der Waals surface area contributed by atoms with E-state index in [2.05, 4.69) is 22.9 Å². The van der Waals surface area contributed by atoms with Gasteiger partial charge in [-0.2, -0.15) is 0 Å². The van der Waals surface area contributed by atoms with Crippen LogP contribution >= 0.6 is 15.9 Å². The van der Waals surface area contributed by atoms with Crippen molar-refractivity contribution in [3.63, 3.8) is 0 Å². The van der Waals surface area contributed by atoms with Crippen LogP contribution in [0.3, 0.4) is 0 Å². The van der Waals surface area contributed by atoms with Crippen LogP contribution in [-0.2, 0) is 4.79 Å². The molecule has 0 spiro atoms. The molecule has 1 saturated heterocycles. The Bertz CT molecular complexity index is 452. The minimum absolute atomic E-state index is 0.0747. The molecule has 0 bridgehead atoms. The van der Waals surface area contributed by atoms with Gasteiger partial charge in [-0.25, -0.2) is 0 Å². The Hall–Kier alpha value is -0.910. The number of nitrogens with zero attached hydrogens (tertiary/aromatic N) is 2. The van der Waals surface area contributed by atoms with E-state index in [0.717, 1.165) is 16.7 Å². The molecule has 0 saturated carbocycles. The Morgan fingerprint density at radius 1 is 1.44 bits per heavy atom. The van der Waals surface area contributed by atoms with Gasteiger partial charge < -0.3 is 10.6 Å². The first-order valence-electron chi connectivity index (χ1n) is 6.04. The van der Waals surface area contributed by atoms with Crippen LogP contribution in [0.5, 0.6) is 0 Å². The van der Waals surface area contributed by atoms with E-state index in [0.29, 0.717) is 6.54 Å². The SMILES string of the molecule is CC1CN(C)C(CN)C(=O)N1c1ccccc1Br. The molecule has 0 aromatic heterocycles. The maximum atomic E-state index is 12.5. The van der Waals surface area contributed by atoms with Gasteiger partial charge in [0.1, 0.15) is 6.04 Å². The normalized spacial score (nSPS) is 25.6. The summed E-state index contributed by atoms with van der Waals surface area (Å²) in [6, 6.07) is 7.70. The number of rotatable bonds is 2. The zero-order valence-corrected chi connectivity index (χ0v) is 12.2. The maximum Gasteiger partial charge on any atom is 0.245 e. The number of para-hydroxylation sites is 1. The monoisotopic (exact) mass is 311 g/mol. The molecule has 18 heavy (non-hydrogen) atoms. The van der Waals surface area contributed by atoms with Gasteiger partial charge in [-0.15, -0.1) is 0 Å². The minimum atomic E-state index is -0.228. The van der Waals surface area contributed by atoms with Crippen LogP contribution in [0.1, 0.15) is 6.92 Å². The maximum absolute atomic E-state index is 12.5. The van der Waals surface area contributed by atoms with Crippen LogP contribution in [0.25, 0.3) is 0 Å². The summed E-state index contributed by atoms with van der Waals surface area (Å²) >= 11 is 3.51. The van der Waals surface area contributed by atoms with Crippen molar-refractivity contribution in [2.75, 3.05) is 25.0 Å². The van der Waals surface area contributed by atoms with E-state index in [1.807, 2.05) is 41.1 Å². The number of nitrogens with two attached hydrogens (primary N) is 1. The molecule has 4 nitrogen and oxygen atoms in total. The lowest BCUT2D eigenvalue weighted by Gasteiger charge is -2.43. The molecule has 1 aliphatic heterocycles. The number of hydrogen-bond donors (Lipinski definition) is 1. The third kappa shape index (κ3) is 2.30. The molecule has 1 aromatic rings. The smallest absolute Gasteiger partial charge is 0.245 e. The number of likely N-dealkylation sites (N-methyl/N-ethyl adjacent to an activating group) is 1. The third-order valence-electron chi connectivity index (χ3n) is 3.38. The van der Waals surface area contributed by atoms with Crippen molar-refractivity contribution >= 4 is 27.5 Å². The van der Waals surface area contributed by atoms with E-state index in [1.165, 1.54) is 0 Å². The van der Waals surface area contributed by atoms with Gasteiger partial charge in [-0.05, 0) is 42.0 Å². The second-order valence-electron chi connectivity index (χ2n) is 4.70. The summed E-state index contributed by atoms with van der Waals surface area (Å²) < 4.78 is 0.936. The van der Waals surface area contributed by atoms with Crippen molar-refractivity contribution in [1.82, 2.24) is 4.90 Å². The molecular formula is C13H18BrN3O. The molecule has 98 valence electrons. The highest BCUT2D eigenvalue weighted by molar-refractivity contribution is 9.10. The van der Waals surface area contributed by atoms with Gasteiger partial charge in [-0.3, -0.25) is 9.69 Å². The van der Waals surface area contributed by atoms with Crippen molar-refractivity contribution in [1.29, 1.82) is 0 Å². The van der Waals surface area contributed by atoms with Gasteiger partial charge in [0.25, 0.3) is 0 Å². The number of carbonyl (C=O) groups is 1. The predicted octanol–water partition coefficient (Wildman–Crippen LogP) is 1.44. The van der Waals surface area contributed by atoms with Gasteiger partial charge in [0.2, 0.25) is 5.91 Å². The highest BCUT2D eigenvalue weighted by Crippen LogP contribution is 2.30. The first-order valence-corrected chi connectivity index (χ1v) is 6.83. The first kappa shape index (κ1) is 13.5. The fourth-order valence-electron chi connectivity index (χ4n) is 2.48. The average Bonchev–Trinajstić information content (AvgIpc) is 2.31. The number of halogens is 1. The predicted molar refractivity (Wildman–Crippen MR) is 76.6 cm³/mol. The van der Waals surface area contributed by atoms with Crippen LogP contribution in [0, 0.1) is 0 Å². The van der Waals surface area contributed by atoms with Crippen LogP contribution in [0.15, 0.2) is 28.7 Å². The molecule has 1 fully saturated rings. The summed E-state index contributed by atoms with van der Waals surface area (Å²) in [5.74, 6) is 0.0747. The van der Waals surface area contributed by atoms with E-state index >= 15 is 0 Å². The van der Waals surface area contributed by atoms with Crippen LogP contribution in [0.4, 0.5) is 5.69 Å². The molecule has 1 amide bonds. The molecule has 2 atom stereocenters. The summed E-state index contributed by atoms with van der Waals surface area (Å²) in [7, 11) is 1.95. The van der Waals surface area contributed by atoms with Gasteiger partial charge in [0.15, 0.2) is 0 Å². The van der Waals surface area contributed by atoms with Crippen LogP contribution in [0.2, 0.25) is 0 Å². The van der Waals surface area contributed by atoms with Gasteiger partial charge in [-0.1, -0.05) is 12.1 Å². The van der Waals surface area contributed by atoms with Crippen molar-refractivity contribution in [3.05, 3.63) is 28.7 Å². The van der Waals surface area contributed by atoms with E-state index in [9.17, 15) is 4.79 Å². The van der Waals surface area contributed by atoms with E-state index in [-0.39, 0.29) is 18.0 Å². The molecule has 2 rings (SSSR count). The summed E-state index contributed by atoms with van der Waals surface area (Å²) in [6.07, 6.45) is 0. The molecule has 1 heterocycles. The van der Waals surface area contributed by atoms with Crippen molar-refractivity contribution in [3.8, 4) is 0 Å². The van der Waals surface area contributed by atoms with Gasteiger partial charge >= 0.3 is 0 Å². The second kappa shape index (κ2) is 5.38. The lowest BCUT2D eigenvalue weighted by Crippen LogP contribution is -2.62. The highest BCUT2D eigenvalue weighted by Gasteiger charge is 2.37. The minimum Gasteiger partial charge on any atom is -0.328 e. The van der Waals surface area contributed by atoms with Crippen molar-refractivity contribution in [2.24, 2.45) is 5.73 Å². The first-order chi connectivity index (χ1) is 8.56. The Balaban J connectivity index is 2.37. The number of benzene rings is 1. The Morgan fingerprint density at radius 2 is 2.11 bits per heavy atom. The molecule has 0 radical (unpaired) electrons. The second-order valence-corrected chi connectivity index (χ2v) is 5.55. The fourth-order valence-corrected chi connectivity index (χ4v) is 2.95. The lowest BCUT2D eigenvalue weighted by molar-refractivity contribution is -0.125. The largest absolute Gasteiger partial charge is 0.328 e. The lowest BCUT2D eigenvalue weighted by atomic mass is 10.1. The molecule has 2 unspecified atom stereocenters. The molecule has 1 aliphatic rings. The molecule has 0 aliphatic carbocycles. The number of carbonyl (C=O) groups excluding carboxylic acids is 1. The van der Waals surface area contributed by atoms with Gasteiger partial charge in [0.05, 0.1) is 5.69 Å². The molecular weight excluding hydrogens is 294 g/mol. The van der Waals surface area contributed by atoms with Crippen LogP contribution in [-0.4, -0.2) is 43.0 Å². The summed E-state index contributed by atoms with van der Waals surface area (Å²) in [5.41, 5.74) is 6.63. The summed E-state index contributed by atoms with van der Waals surface area (Å²) in [6.45, 7) is 3.23. The highest BCUT2D eigenvalue weighted by atomic mass is 79.9. The summed E-state index contributed by atoms with van der Waals surface area (Å²) in [5, 5.41) is 0. The number of hydrogen-bond acceptors (Lipinski definition) is 3. The van der Waals surface area contributed by atoms with Crippen LogP contribution < -0.4 is 10.6 Å². The Labute approximate surface area is 116 Å². The van der Waals surface area contributed by atoms with Crippen molar-refractivity contribution in [2.45, 2.75) is 19.0 Å². The Kier molecular flexibility index (Phi) is 4.04. The average molecular weight is 312 g/mol. The third-order valence-corrected chi connectivity index (χ3v) is 4.05. The van der Waals surface area contributed by atoms with Crippen molar-refractivity contribution < 1.29 is 4.79 Å². The zero-order valence-electron chi connectivity index (χ0n) is 10.6. The quantitative estimate of drug-likeness (QED) is 0.899. The van der Waals surface area contributed by atoms with E-state index in [4.69, 9.17) is 5.73 Å². The number of piperazine rings is 1. The summed E-state index contributed by atoms with van der Waals surface area (Å²) in [4.78, 5) is 16.4.